The summed E-state index contributed by atoms with van der Waals surface area (Å²) in [6, 6.07) is 5.49. The number of aryl methyl sites for hydroxylation is 2. The second-order valence-corrected chi connectivity index (χ2v) is 8.38. The molecule has 0 radical (unpaired) electrons. The van der Waals surface area contributed by atoms with Gasteiger partial charge in [-0.05, 0) is 26.0 Å². The number of anilines is 1. The number of rotatable bonds is 5. The first-order valence-corrected chi connectivity index (χ1v) is 10.3. The van der Waals surface area contributed by atoms with Crippen molar-refractivity contribution >= 4 is 5.69 Å². The molecule has 2 aliphatic rings. The molecule has 2 saturated heterocycles. The van der Waals surface area contributed by atoms with Crippen molar-refractivity contribution in [2.45, 2.75) is 38.5 Å². The van der Waals surface area contributed by atoms with Gasteiger partial charge in [0.25, 0.3) is 5.56 Å². The average Bonchev–Trinajstić information content (AvgIpc) is 3.33. The fourth-order valence-corrected chi connectivity index (χ4v) is 4.28. The molecule has 1 atom stereocenters. The minimum absolute atomic E-state index is 0.151. The van der Waals surface area contributed by atoms with E-state index in [1.165, 1.54) is 4.68 Å². The van der Waals surface area contributed by atoms with Crippen molar-refractivity contribution < 1.29 is 14.0 Å². The Bertz CT molecular complexity index is 1150. The third-order valence-corrected chi connectivity index (χ3v) is 6.16. The highest BCUT2D eigenvalue weighted by Gasteiger charge is 2.50. The minimum atomic E-state index is -0.172. The Balaban J connectivity index is 1.33. The van der Waals surface area contributed by atoms with Crippen LogP contribution < -0.4 is 10.5 Å². The van der Waals surface area contributed by atoms with Gasteiger partial charge in [0.05, 0.1) is 31.1 Å². The van der Waals surface area contributed by atoms with Crippen molar-refractivity contribution in [3.63, 3.8) is 0 Å². The molecule has 0 amide bonds. The van der Waals surface area contributed by atoms with Crippen LogP contribution in [0.25, 0.3) is 11.3 Å². The summed E-state index contributed by atoms with van der Waals surface area (Å²) in [5.41, 5.74) is 3.74. The van der Waals surface area contributed by atoms with E-state index >= 15 is 0 Å². The van der Waals surface area contributed by atoms with Gasteiger partial charge in [-0.2, -0.15) is 5.10 Å². The van der Waals surface area contributed by atoms with Crippen LogP contribution in [0.5, 0.6) is 0 Å². The number of pyridine rings is 1. The van der Waals surface area contributed by atoms with Crippen LogP contribution in [-0.2, 0) is 16.0 Å². The molecular formula is C22H25N5O4. The molecule has 0 aliphatic carbocycles. The van der Waals surface area contributed by atoms with E-state index < -0.39 is 0 Å². The Morgan fingerprint density at radius 3 is 2.77 bits per heavy atom. The summed E-state index contributed by atoms with van der Waals surface area (Å²) in [5, 5.41) is 8.58. The number of hydrogen-bond acceptors (Lipinski definition) is 8. The third-order valence-electron chi connectivity index (χ3n) is 6.16. The van der Waals surface area contributed by atoms with Crippen molar-refractivity contribution in [2.24, 2.45) is 0 Å². The van der Waals surface area contributed by atoms with E-state index in [1.54, 1.807) is 25.6 Å². The number of ether oxygens (including phenoxy) is 2. The lowest BCUT2D eigenvalue weighted by molar-refractivity contribution is -0.0209. The fourth-order valence-electron chi connectivity index (χ4n) is 4.28. The summed E-state index contributed by atoms with van der Waals surface area (Å²) in [4.78, 5) is 19.2. The van der Waals surface area contributed by atoms with Gasteiger partial charge in [-0.25, -0.2) is 4.68 Å². The quantitative estimate of drug-likeness (QED) is 0.615. The van der Waals surface area contributed by atoms with Gasteiger partial charge in [-0.1, -0.05) is 5.16 Å². The van der Waals surface area contributed by atoms with Crippen molar-refractivity contribution in [3.05, 3.63) is 58.0 Å². The van der Waals surface area contributed by atoms with Gasteiger partial charge in [0.1, 0.15) is 17.1 Å². The van der Waals surface area contributed by atoms with Crippen molar-refractivity contribution in [2.75, 3.05) is 31.7 Å². The minimum Gasteiger partial charge on any atom is -0.379 e. The van der Waals surface area contributed by atoms with Gasteiger partial charge >= 0.3 is 0 Å². The van der Waals surface area contributed by atoms with Crippen LogP contribution in [-0.4, -0.2) is 58.4 Å². The van der Waals surface area contributed by atoms with Gasteiger partial charge in [-0.15, -0.1) is 0 Å². The lowest BCUT2D eigenvalue weighted by Gasteiger charge is -2.48. The zero-order chi connectivity index (χ0) is 21.6. The Morgan fingerprint density at radius 1 is 1.26 bits per heavy atom. The zero-order valence-electron chi connectivity index (χ0n) is 17.9. The zero-order valence-corrected chi connectivity index (χ0v) is 17.9. The van der Waals surface area contributed by atoms with Gasteiger partial charge in [0.15, 0.2) is 0 Å². The van der Waals surface area contributed by atoms with Crippen LogP contribution in [0.4, 0.5) is 5.69 Å². The maximum atomic E-state index is 12.8. The van der Waals surface area contributed by atoms with Crippen molar-refractivity contribution in [1.29, 1.82) is 0 Å². The van der Waals surface area contributed by atoms with Crippen LogP contribution in [0.2, 0.25) is 0 Å². The molecule has 1 spiro atoms. The van der Waals surface area contributed by atoms with Crippen LogP contribution >= 0.6 is 0 Å². The molecule has 5 rings (SSSR count). The topological polar surface area (TPSA) is 95.5 Å². The second-order valence-electron chi connectivity index (χ2n) is 8.38. The smallest absolute Gasteiger partial charge is 0.269 e. The molecule has 162 valence electrons. The molecule has 3 aromatic rings. The highest BCUT2D eigenvalue weighted by molar-refractivity contribution is 5.62. The highest BCUT2D eigenvalue weighted by Crippen LogP contribution is 2.38. The highest BCUT2D eigenvalue weighted by atomic mass is 16.6. The molecule has 0 bridgehead atoms. The predicted molar refractivity (Wildman–Crippen MR) is 113 cm³/mol. The van der Waals surface area contributed by atoms with E-state index in [1.807, 2.05) is 26.0 Å². The standard InChI is InChI=1S/C22H25N5O4/c1-14-4-5-16(8-23-14)21-19(15(2)31-25-21)10-27-20(28)6-17(9-24-27)26-12-22(13-26)7-18(29-3)11-30-22/h4-6,8-9,18H,7,10-13H2,1-3H3/t18-/m0/s1. The lowest BCUT2D eigenvalue weighted by atomic mass is 9.90. The molecule has 2 fully saturated rings. The fraction of sp³-hybridized carbons (Fsp3) is 0.455. The van der Waals surface area contributed by atoms with Gasteiger partial charge < -0.3 is 18.9 Å². The van der Waals surface area contributed by atoms with E-state index in [0.717, 1.165) is 42.0 Å². The Kier molecular flexibility index (Phi) is 4.86. The summed E-state index contributed by atoms with van der Waals surface area (Å²) in [7, 11) is 1.71. The molecule has 9 heteroatoms. The maximum Gasteiger partial charge on any atom is 0.269 e. The molecule has 31 heavy (non-hydrogen) atoms. The number of aromatic nitrogens is 4. The number of hydrogen-bond donors (Lipinski definition) is 0. The molecule has 2 aliphatic heterocycles. The van der Waals surface area contributed by atoms with Gasteiger partial charge in [0, 0.05) is 55.7 Å². The molecule has 5 heterocycles. The van der Waals surface area contributed by atoms with E-state index in [2.05, 4.69) is 20.1 Å². The molecule has 0 saturated carbocycles. The SMILES string of the molecule is CO[C@@H]1COC2(C1)CN(c1cnn(Cc3c(-c4ccc(C)nc4)noc3C)c(=O)c1)C2. The van der Waals surface area contributed by atoms with Crippen LogP contribution in [0.15, 0.2) is 39.9 Å². The van der Waals surface area contributed by atoms with E-state index in [9.17, 15) is 4.79 Å². The number of methoxy groups -OCH3 is 1. The monoisotopic (exact) mass is 423 g/mol. The first-order chi connectivity index (χ1) is 15.0. The van der Waals surface area contributed by atoms with E-state index in [4.69, 9.17) is 14.0 Å². The predicted octanol–water partition coefficient (Wildman–Crippen LogP) is 1.95. The van der Waals surface area contributed by atoms with Crippen LogP contribution in [0.1, 0.15) is 23.4 Å². The lowest BCUT2D eigenvalue weighted by Crippen LogP contribution is -2.62. The molecule has 3 aromatic heterocycles. The van der Waals surface area contributed by atoms with Gasteiger partial charge in [0.2, 0.25) is 0 Å². The summed E-state index contributed by atoms with van der Waals surface area (Å²) in [6.07, 6.45) is 4.52. The Morgan fingerprint density at radius 2 is 2.10 bits per heavy atom. The van der Waals surface area contributed by atoms with Crippen LogP contribution in [0.3, 0.4) is 0 Å². The van der Waals surface area contributed by atoms with Gasteiger partial charge in [-0.3, -0.25) is 9.78 Å². The average molecular weight is 423 g/mol. The van der Waals surface area contributed by atoms with E-state index in [-0.39, 0.29) is 23.8 Å². The summed E-state index contributed by atoms with van der Waals surface area (Å²) in [5.74, 6) is 0.657. The Hall–Kier alpha value is -3.04. The molecule has 0 unspecified atom stereocenters. The first kappa shape index (κ1) is 19.9. The first-order valence-electron chi connectivity index (χ1n) is 10.3. The third kappa shape index (κ3) is 3.64. The number of nitrogens with zero attached hydrogens (tertiary/aromatic N) is 5. The second kappa shape index (κ2) is 7.58. The molecule has 9 nitrogen and oxygen atoms in total. The van der Waals surface area contributed by atoms with Crippen molar-refractivity contribution in [1.82, 2.24) is 19.9 Å². The normalized spacial score (nSPS) is 19.7. The molecule has 0 N–H and O–H groups in total. The maximum absolute atomic E-state index is 12.8. The van der Waals surface area contributed by atoms with Crippen molar-refractivity contribution in [3.8, 4) is 11.3 Å². The van der Waals surface area contributed by atoms with E-state index in [0.29, 0.717) is 18.1 Å². The Labute approximate surface area is 179 Å². The molecular weight excluding hydrogens is 398 g/mol. The summed E-state index contributed by atoms with van der Waals surface area (Å²) in [6.45, 7) is 6.15. The largest absolute Gasteiger partial charge is 0.379 e. The summed E-state index contributed by atoms with van der Waals surface area (Å²) < 4.78 is 18.2. The summed E-state index contributed by atoms with van der Waals surface area (Å²) >= 11 is 0. The van der Waals surface area contributed by atoms with Crippen LogP contribution in [0, 0.1) is 13.8 Å². The molecule has 0 aromatic carbocycles.